The molecule has 1 saturated heterocycles. The number of amides is 1. The molecular formula is C17H22BrClN4O2. The van der Waals surface area contributed by atoms with Crippen LogP contribution in [0.1, 0.15) is 29.4 Å². The van der Waals surface area contributed by atoms with Crippen molar-refractivity contribution >= 4 is 34.2 Å². The van der Waals surface area contributed by atoms with Gasteiger partial charge in [-0.2, -0.15) is 5.10 Å². The molecular weight excluding hydrogens is 408 g/mol. The van der Waals surface area contributed by atoms with E-state index in [9.17, 15) is 4.79 Å². The number of nitrogens with zero attached hydrogens (tertiary/aromatic N) is 2. The second-order valence-electron chi connectivity index (χ2n) is 5.74. The number of nitrogens with one attached hydrogen (secondary N) is 2. The van der Waals surface area contributed by atoms with Gasteiger partial charge < -0.3 is 15.4 Å². The molecule has 6 nitrogen and oxygen atoms in total. The molecule has 25 heavy (non-hydrogen) atoms. The SMILES string of the molecule is Cl.O=C(NCCOc1cccc(Br)c1)c1ccn(C2CCCNC2)n1. The van der Waals surface area contributed by atoms with E-state index < -0.39 is 0 Å². The summed E-state index contributed by atoms with van der Waals surface area (Å²) in [5.74, 6) is 0.600. The van der Waals surface area contributed by atoms with E-state index in [1.807, 2.05) is 35.1 Å². The van der Waals surface area contributed by atoms with Gasteiger partial charge in [0, 0.05) is 17.2 Å². The zero-order chi connectivity index (χ0) is 16.8. The monoisotopic (exact) mass is 428 g/mol. The smallest absolute Gasteiger partial charge is 0.271 e. The molecule has 1 aliphatic rings. The third-order valence-corrected chi connectivity index (χ3v) is 4.43. The van der Waals surface area contributed by atoms with Gasteiger partial charge in [-0.15, -0.1) is 12.4 Å². The molecule has 0 spiro atoms. The van der Waals surface area contributed by atoms with Crippen molar-refractivity contribution in [3.63, 3.8) is 0 Å². The van der Waals surface area contributed by atoms with Gasteiger partial charge in [-0.05, 0) is 43.7 Å². The second-order valence-corrected chi connectivity index (χ2v) is 6.66. The Hall–Kier alpha value is -1.57. The number of piperidine rings is 1. The van der Waals surface area contributed by atoms with Crippen LogP contribution in [-0.2, 0) is 0 Å². The van der Waals surface area contributed by atoms with Crippen molar-refractivity contribution in [1.82, 2.24) is 20.4 Å². The lowest BCUT2D eigenvalue weighted by Gasteiger charge is -2.22. The maximum atomic E-state index is 12.1. The first kappa shape index (κ1) is 19.8. The number of carbonyl (C=O) groups is 1. The van der Waals surface area contributed by atoms with Gasteiger partial charge in [0.05, 0.1) is 12.6 Å². The molecule has 0 radical (unpaired) electrons. The molecule has 0 saturated carbocycles. The first-order valence-electron chi connectivity index (χ1n) is 8.15. The predicted octanol–water partition coefficient (Wildman–Crippen LogP) is 2.80. The van der Waals surface area contributed by atoms with Crippen molar-refractivity contribution in [2.75, 3.05) is 26.2 Å². The highest BCUT2D eigenvalue weighted by atomic mass is 79.9. The summed E-state index contributed by atoms with van der Waals surface area (Å²) in [7, 11) is 0. The van der Waals surface area contributed by atoms with Crippen LogP contribution >= 0.6 is 28.3 Å². The van der Waals surface area contributed by atoms with Gasteiger partial charge in [0.1, 0.15) is 18.1 Å². The molecule has 1 atom stereocenters. The van der Waals surface area contributed by atoms with Crippen molar-refractivity contribution in [2.24, 2.45) is 0 Å². The molecule has 1 amide bonds. The average molecular weight is 430 g/mol. The van der Waals surface area contributed by atoms with Gasteiger partial charge in [-0.3, -0.25) is 9.48 Å². The number of benzene rings is 1. The molecule has 1 aromatic heterocycles. The summed E-state index contributed by atoms with van der Waals surface area (Å²) in [6.45, 7) is 2.81. The molecule has 0 bridgehead atoms. The maximum Gasteiger partial charge on any atom is 0.271 e. The number of hydrogen-bond acceptors (Lipinski definition) is 4. The van der Waals surface area contributed by atoms with E-state index in [0.717, 1.165) is 36.2 Å². The largest absolute Gasteiger partial charge is 0.492 e. The molecule has 1 fully saturated rings. The third kappa shape index (κ3) is 5.73. The Labute approximate surface area is 161 Å². The molecule has 8 heteroatoms. The van der Waals surface area contributed by atoms with E-state index in [-0.39, 0.29) is 18.3 Å². The summed E-state index contributed by atoms with van der Waals surface area (Å²) in [5, 5.41) is 10.6. The van der Waals surface area contributed by atoms with E-state index >= 15 is 0 Å². The summed E-state index contributed by atoms with van der Waals surface area (Å²) in [6.07, 6.45) is 4.11. The lowest BCUT2D eigenvalue weighted by Crippen LogP contribution is -2.32. The van der Waals surface area contributed by atoms with Gasteiger partial charge in [-0.25, -0.2) is 0 Å². The second kappa shape index (κ2) is 9.79. The minimum absolute atomic E-state index is 0. The first-order chi connectivity index (χ1) is 11.7. The van der Waals surface area contributed by atoms with E-state index in [4.69, 9.17) is 4.74 Å². The highest BCUT2D eigenvalue weighted by Crippen LogP contribution is 2.17. The summed E-state index contributed by atoms with van der Waals surface area (Å²) in [6, 6.07) is 9.71. The van der Waals surface area contributed by atoms with Crippen LogP contribution in [0.2, 0.25) is 0 Å². The van der Waals surface area contributed by atoms with Crippen LogP contribution < -0.4 is 15.4 Å². The fourth-order valence-electron chi connectivity index (χ4n) is 2.70. The fraction of sp³-hybridized carbons (Fsp3) is 0.412. The van der Waals surface area contributed by atoms with Crippen LogP contribution in [-0.4, -0.2) is 41.9 Å². The van der Waals surface area contributed by atoms with Gasteiger partial charge in [-0.1, -0.05) is 22.0 Å². The quantitative estimate of drug-likeness (QED) is 0.693. The van der Waals surface area contributed by atoms with Crippen molar-refractivity contribution in [3.05, 3.63) is 46.7 Å². The number of hydrogen-bond donors (Lipinski definition) is 2. The Bertz CT molecular complexity index is 689. The normalized spacial score (nSPS) is 16.8. The minimum atomic E-state index is -0.171. The number of aromatic nitrogens is 2. The van der Waals surface area contributed by atoms with E-state index in [1.165, 1.54) is 0 Å². The van der Waals surface area contributed by atoms with Gasteiger partial charge >= 0.3 is 0 Å². The number of ether oxygens (including phenoxy) is 1. The zero-order valence-corrected chi connectivity index (χ0v) is 16.2. The molecule has 1 aromatic carbocycles. The molecule has 2 heterocycles. The van der Waals surface area contributed by atoms with Crippen LogP contribution in [0.5, 0.6) is 5.75 Å². The van der Waals surface area contributed by atoms with E-state index in [2.05, 4.69) is 31.7 Å². The minimum Gasteiger partial charge on any atom is -0.492 e. The molecule has 0 aliphatic carbocycles. The van der Waals surface area contributed by atoms with Crippen LogP contribution in [0.25, 0.3) is 0 Å². The Morgan fingerprint density at radius 2 is 2.32 bits per heavy atom. The highest BCUT2D eigenvalue weighted by molar-refractivity contribution is 9.10. The molecule has 1 unspecified atom stereocenters. The zero-order valence-electron chi connectivity index (χ0n) is 13.8. The Balaban J connectivity index is 0.00000225. The molecule has 2 N–H and O–H groups in total. The summed E-state index contributed by atoms with van der Waals surface area (Å²) >= 11 is 3.40. The Morgan fingerprint density at radius 3 is 3.08 bits per heavy atom. The standard InChI is InChI=1S/C17H21BrN4O2.ClH/c18-13-3-1-5-15(11-13)24-10-8-20-17(23)16-6-9-22(21-16)14-4-2-7-19-12-14;/h1,3,5-6,9,11,14,19H,2,4,7-8,10,12H2,(H,20,23);1H. The molecule has 1 aliphatic heterocycles. The van der Waals surface area contributed by atoms with Crippen LogP contribution in [0.3, 0.4) is 0 Å². The Kier molecular flexibility index (Phi) is 7.74. The summed E-state index contributed by atoms with van der Waals surface area (Å²) in [5.41, 5.74) is 0.447. The molecule has 3 rings (SSSR count). The average Bonchev–Trinajstić information content (AvgIpc) is 3.10. The van der Waals surface area contributed by atoms with Gasteiger partial charge in [0.25, 0.3) is 5.91 Å². The molecule has 2 aromatic rings. The van der Waals surface area contributed by atoms with E-state index in [1.54, 1.807) is 6.07 Å². The van der Waals surface area contributed by atoms with Crippen LogP contribution in [0.4, 0.5) is 0 Å². The topological polar surface area (TPSA) is 68.2 Å². The van der Waals surface area contributed by atoms with Crippen LogP contribution in [0.15, 0.2) is 41.0 Å². The van der Waals surface area contributed by atoms with Crippen molar-refractivity contribution in [1.29, 1.82) is 0 Å². The van der Waals surface area contributed by atoms with Gasteiger partial charge in [0.15, 0.2) is 0 Å². The third-order valence-electron chi connectivity index (χ3n) is 3.94. The maximum absolute atomic E-state index is 12.1. The van der Waals surface area contributed by atoms with Crippen molar-refractivity contribution in [2.45, 2.75) is 18.9 Å². The number of halogens is 2. The number of carbonyl (C=O) groups excluding carboxylic acids is 1. The Morgan fingerprint density at radius 1 is 1.44 bits per heavy atom. The lowest BCUT2D eigenvalue weighted by molar-refractivity contribution is 0.0940. The molecule has 136 valence electrons. The highest BCUT2D eigenvalue weighted by Gasteiger charge is 2.17. The van der Waals surface area contributed by atoms with Crippen LogP contribution in [0, 0.1) is 0 Å². The van der Waals surface area contributed by atoms with E-state index in [0.29, 0.717) is 24.9 Å². The first-order valence-corrected chi connectivity index (χ1v) is 8.94. The van der Waals surface area contributed by atoms with Crippen molar-refractivity contribution in [3.8, 4) is 5.75 Å². The van der Waals surface area contributed by atoms with Crippen molar-refractivity contribution < 1.29 is 9.53 Å². The van der Waals surface area contributed by atoms with Gasteiger partial charge in [0.2, 0.25) is 0 Å². The summed E-state index contributed by atoms with van der Waals surface area (Å²) < 4.78 is 8.45. The lowest BCUT2D eigenvalue weighted by atomic mass is 10.1. The predicted molar refractivity (Wildman–Crippen MR) is 103 cm³/mol. The number of rotatable bonds is 6. The summed E-state index contributed by atoms with van der Waals surface area (Å²) in [4.78, 5) is 12.1. The fourth-order valence-corrected chi connectivity index (χ4v) is 3.08.